The second kappa shape index (κ2) is 2.12. The maximum atomic E-state index is 2.53. The van der Waals surface area contributed by atoms with Crippen molar-refractivity contribution in [3.05, 3.63) is 0 Å². The van der Waals surface area contributed by atoms with Crippen molar-refractivity contribution in [2.75, 3.05) is 13.6 Å². The van der Waals surface area contributed by atoms with Crippen molar-refractivity contribution < 1.29 is 0 Å². The molecule has 36 valence electrons. The first kappa shape index (κ1) is 4.85. The fourth-order valence-corrected chi connectivity index (χ4v) is 6.93. The molecule has 0 spiro atoms. The standard InChI is InChI=1S/C3H9NSeSi/c1-4-2-3-5-6-4/h2-3,6H2,1H3. The predicted octanol–water partition coefficient (Wildman–Crippen LogP) is -0.947. The van der Waals surface area contributed by atoms with Gasteiger partial charge in [-0.05, 0) is 0 Å². The van der Waals surface area contributed by atoms with Crippen molar-refractivity contribution in [3.8, 4) is 0 Å². The van der Waals surface area contributed by atoms with E-state index in [1.165, 1.54) is 11.9 Å². The average Bonchev–Trinajstić information content (AvgIpc) is 1.86. The van der Waals surface area contributed by atoms with Crippen molar-refractivity contribution >= 4 is 22.6 Å². The van der Waals surface area contributed by atoms with Gasteiger partial charge in [0, 0.05) is 0 Å². The van der Waals surface area contributed by atoms with E-state index < -0.39 is 0 Å². The van der Waals surface area contributed by atoms with Crippen molar-refractivity contribution in [3.63, 3.8) is 0 Å². The molecule has 0 unspecified atom stereocenters. The van der Waals surface area contributed by atoms with Crippen LogP contribution in [0, 0.1) is 0 Å². The van der Waals surface area contributed by atoms with E-state index in [0.29, 0.717) is 8.29 Å². The second-order valence-corrected chi connectivity index (χ2v) is 8.41. The number of hydrogen-bond acceptors (Lipinski definition) is 1. The minimum absolute atomic E-state index is 0.363. The molecule has 0 saturated carbocycles. The first-order valence-electron chi connectivity index (χ1n) is 2.16. The third kappa shape index (κ3) is 1.08. The summed E-state index contributed by atoms with van der Waals surface area (Å²) in [5, 5.41) is 1.54. The van der Waals surface area contributed by atoms with Crippen molar-refractivity contribution in [2.24, 2.45) is 0 Å². The average molecular weight is 166 g/mol. The van der Waals surface area contributed by atoms with E-state index >= 15 is 0 Å². The molecule has 0 aromatic heterocycles. The van der Waals surface area contributed by atoms with Gasteiger partial charge in [-0.15, -0.1) is 0 Å². The summed E-state index contributed by atoms with van der Waals surface area (Å²) in [6, 6.07) is 0. The second-order valence-electron chi connectivity index (χ2n) is 1.62. The quantitative estimate of drug-likeness (QED) is 0.419. The molecular formula is C3H9NSeSi. The van der Waals surface area contributed by atoms with E-state index in [1.807, 2.05) is 0 Å². The molecule has 0 aromatic carbocycles. The van der Waals surface area contributed by atoms with E-state index in [2.05, 4.69) is 11.6 Å². The van der Waals surface area contributed by atoms with Gasteiger partial charge in [-0.1, -0.05) is 0 Å². The van der Waals surface area contributed by atoms with Crippen molar-refractivity contribution in [2.45, 2.75) is 5.32 Å². The Morgan fingerprint density at radius 2 is 2.67 bits per heavy atom. The van der Waals surface area contributed by atoms with Crippen LogP contribution in [0.2, 0.25) is 5.32 Å². The van der Waals surface area contributed by atoms with E-state index in [4.69, 9.17) is 0 Å². The van der Waals surface area contributed by atoms with Gasteiger partial charge in [-0.25, -0.2) is 0 Å². The summed E-state index contributed by atoms with van der Waals surface area (Å²) < 4.78 is 2.53. The van der Waals surface area contributed by atoms with Gasteiger partial charge in [0.25, 0.3) is 0 Å². The fourth-order valence-electron chi connectivity index (χ4n) is 0.505. The van der Waals surface area contributed by atoms with Gasteiger partial charge < -0.3 is 0 Å². The van der Waals surface area contributed by atoms with Gasteiger partial charge >= 0.3 is 46.1 Å². The molecule has 1 rings (SSSR count). The molecule has 1 heterocycles. The summed E-state index contributed by atoms with van der Waals surface area (Å²) in [4.78, 5) is 0. The van der Waals surface area contributed by atoms with Gasteiger partial charge in [0.15, 0.2) is 0 Å². The van der Waals surface area contributed by atoms with Crippen LogP contribution in [0.3, 0.4) is 0 Å². The van der Waals surface area contributed by atoms with Crippen LogP contribution in [0.25, 0.3) is 0 Å². The Bertz CT molecular complexity index is 44.1. The molecule has 1 fully saturated rings. The summed E-state index contributed by atoms with van der Waals surface area (Å²) >= 11 is 1.11. The number of rotatable bonds is 0. The van der Waals surface area contributed by atoms with Crippen LogP contribution in [-0.2, 0) is 0 Å². The van der Waals surface area contributed by atoms with Crippen LogP contribution in [-0.4, -0.2) is 40.8 Å². The molecule has 0 radical (unpaired) electrons. The first-order valence-corrected chi connectivity index (χ1v) is 8.21. The zero-order valence-electron chi connectivity index (χ0n) is 3.98. The van der Waals surface area contributed by atoms with Crippen LogP contribution >= 0.6 is 0 Å². The molecule has 1 aliphatic heterocycles. The molecule has 0 amide bonds. The molecule has 0 aromatic rings. The molecule has 1 saturated heterocycles. The van der Waals surface area contributed by atoms with Crippen LogP contribution in [0.15, 0.2) is 0 Å². The molecular weight excluding hydrogens is 157 g/mol. The summed E-state index contributed by atoms with van der Waals surface area (Å²) in [6.45, 7) is 1.41. The monoisotopic (exact) mass is 167 g/mol. The fraction of sp³-hybridized carbons (Fsp3) is 1.00. The van der Waals surface area contributed by atoms with Gasteiger partial charge in [0.1, 0.15) is 0 Å². The van der Waals surface area contributed by atoms with Gasteiger partial charge in [0.2, 0.25) is 0 Å². The SMILES string of the molecule is CN1CC[Se][SiH2]1. The van der Waals surface area contributed by atoms with Crippen molar-refractivity contribution in [1.82, 2.24) is 4.57 Å². The zero-order valence-corrected chi connectivity index (χ0v) is 7.10. The predicted molar refractivity (Wildman–Crippen MR) is 31.7 cm³/mol. The summed E-state index contributed by atoms with van der Waals surface area (Å²) in [5.41, 5.74) is 0. The molecule has 0 bridgehead atoms. The Morgan fingerprint density at radius 3 is 2.83 bits per heavy atom. The van der Waals surface area contributed by atoms with E-state index in [0.717, 1.165) is 14.3 Å². The van der Waals surface area contributed by atoms with E-state index in [9.17, 15) is 0 Å². The zero-order chi connectivity index (χ0) is 4.41. The molecule has 0 N–H and O–H groups in total. The third-order valence-electron chi connectivity index (χ3n) is 0.929. The molecule has 1 aliphatic rings. The number of hydrogen-bond donors (Lipinski definition) is 0. The van der Waals surface area contributed by atoms with Crippen molar-refractivity contribution in [1.29, 1.82) is 0 Å². The molecule has 1 nitrogen and oxygen atoms in total. The molecule has 3 heteroatoms. The van der Waals surface area contributed by atoms with E-state index in [1.54, 1.807) is 0 Å². The van der Waals surface area contributed by atoms with Crippen LogP contribution in [0.5, 0.6) is 0 Å². The topological polar surface area (TPSA) is 3.24 Å². The third-order valence-corrected chi connectivity index (χ3v) is 8.28. The molecule has 6 heavy (non-hydrogen) atoms. The first-order chi connectivity index (χ1) is 2.89. The van der Waals surface area contributed by atoms with Gasteiger partial charge in [0.05, 0.1) is 0 Å². The number of nitrogens with zero attached hydrogens (tertiary/aromatic N) is 1. The van der Waals surface area contributed by atoms with Crippen LogP contribution in [0.4, 0.5) is 0 Å². The summed E-state index contributed by atoms with van der Waals surface area (Å²) in [7, 11) is 2.61. The van der Waals surface area contributed by atoms with Crippen LogP contribution in [0.1, 0.15) is 0 Å². The Hall–Kier alpha value is 0.696. The minimum atomic E-state index is 0.363. The Balaban J connectivity index is 2.18. The molecule has 0 atom stereocenters. The summed E-state index contributed by atoms with van der Waals surface area (Å²) in [5.74, 6) is 0. The normalized spacial score (nSPS) is 29.5. The Kier molecular flexibility index (Phi) is 1.71. The van der Waals surface area contributed by atoms with Crippen LogP contribution < -0.4 is 0 Å². The van der Waals surface area contributed by atoms with Gasteiger partial charge in [-0.3, -0.25) is 0 Å². The maximum absolute atomic E-state index is 2.53. The Labute approximate surface area is 46.6 Å². The Morgan fingerprint density at radius 1 is 1.83 bits per heavy atom. The van der Waals surface area contributed by atoms with E-state index in [-0.39, 0.29) is 0 Å². The van der Waals surface area contributed by atoms with Gasteiger partial charge in [-0.2, -0.15) is 0 Å². The summed E-state index contributed by atoms with van der Waals surface area (Å²) in [6.07, 6.45) is 0. The molecule has 0 aliphatic carbocycles.